The predicted octanol–water partition coefficient (Wildman–Crippen LogP) is 0.472. The molecule has 2 unspecified atom stereocenters. The minimum Gasteiger partial charge on any atom is -0.394 e. The molecule has 0 spiro atoms. The summed E-state index contributed by atoms with van der Waals surface area (Å²) in [6, 6.07) is 0.191. The number of aliphatic hydroxyl groups is 1. The van der Waals surface area contributed by atoms with E-state index < -0.39 is 0 Å². The normalized spacial score (nSPS) is 23.2. The number of nitrogens with one attached hydrogen (secondary N) is 1. The van der Waals surface area contributed by atoms with Gasteiger partial charge < -0.3 is 20.2 Å². The molecule has 0 bridgehead atoms. The van der Waals surface area contributed by atoms with E-state index in [9.17, 15) is 5.11 Å². The zero-order valence-electron chi connectivity index (χ0n) is 12.2. The highest BCUT2D eigenvalue weighted by atomic mass is 16.5. The highest BCUT2D eigenvalue weighted by molar-refractivity contribution is 5.60. The van der Waals surface area contributed by atoms with Gasteiger partial charge in [-0.05, 0) is 12.8 Å². The van der Waals surface area contributed by atoms with E-state index in [0.29, 0.717) is 19.0 Å². The molecule has 0 saturated carbocycles. The van der Waals surface area contributed by atoms with Crippen molar-refractivity contribution in [1.29, 1.82) is 0 Å². The quantitative estimate of drug-likeness (QED) is 0.545. The van der Waals surface area contributed by atoms with Gasteiger partial charge in [0.1, 0.15) is 18.0 Å². The summed E-state index contributed by atoms with van der Waals surface area (Å²) in [6.07, 6.45) is 1.32. The number of morpholine rings is 1. The van der Waals surface area contributed by atoms with Crippen LogP contribution < -0.4 is 16.2 Å². The maximum atomic E-state index is 9.30. The lowest BCUT2D eigenvalue weighted by Crippen LogP contribution is -2.50. The molecule has 1 aliphatic rings. The van der Waals surface area contributed by atoms with Crippen molar-refractivity contribution in [1.82, 2.24) is 9.97 Å². The van der Waals surface area contributed by atoms with Gasteiger partial charge in [0.2, 0.25) is 0 Å². The fourth-order valence-electron chi connectivity index (χ4n) is 2.48. The molecule has 112 valence electrons. The van der Waals surface area contributed by atoms with Gasteiger partial charge in [-0.2, -0.15) is 0 Å². The van der Waals surface area contributed by atoms with E-state index in [1.807, 2.05) is 0 Å². The van der Waals surface area contributed by atoms with Crippen LogP contribution >= 0.6 is 0 Å². The van der Waals surface area contributed by atoms with Crippen molar-refractivity contribution < 1.29 is 9.84 Å². The molecule has 1 saturated heterocycles. The Morgan fingerprint density at radius 3 is 2.90 bits per heavy atom. The molecule has 1 aliphatic heterocycles. The van der Waals surface area contributed by atoms with E-state index in [2.05, 4.69) is 41.1 Å². The smallest absolute Gasteiger partial charge is 0.148 e. The maximum Gasteiger partial charge on any atom is 0.148 e. The van der Waals surface area contributed by atoms with Crippen LogP contribution in [0.4, 0.5) is 11.6 Å². The molecule has 0 amide bonds. The number of ether oxygens (including phenoxy) is 1. The van der Waals surface area contributed by atoms with Crippen LogP contribution in [0.2, 0.25) is 0 Å². The summed E-state index contributed by atoms with van der Waals surface area (Å²) in [6.45, 7) is 7.43. The van der Waals surface area contributed by atoms with E-state index in [4.69, 9.17) is 10.6 Å². The lowest BCUT2D eigenvalue weighted by molar-refractivity contribution is -0.0106. The van der Waals surface area contributed by atoms with Crippen molar-refractivity contribution in [2.45, 2.75) is 38.8 Å². The van der Waals surface area contributed by atoms with Gasteiger partial charge in [0.05, 0.1) is 25.4 Å². The van der Waals surface area contributed by atoms with Crippen LogP contribution in [0.5, 0.6) is 0 Å². The number of hydrogen-bond donors (Lipinski definition) is 3. The minimum atomic E-state index is -0.185. The second-order valence-corrected chi connectivity index (χ2v) is 5.40. The molecule has 1 fully saturated rings. The number of hydrazine groups is 1. The monoisotopic (exact) mass is 281 g/mol. The van der Waals surface area contributed by atoms with Gasteiger partial charge in [-0.3, -0.25) is 0 Å². The lowest BCUT2D eigenvalue weighted by atomic mass is 10.0. The molecule has 0 aliphatic carbocycles. The lowest BCUT2D eigenvalue weighted by Gasteiger charge is -2.39. The fourth-order valence-corrected chi connectivity index (χ4v) is 2.48. The number of rotatable bonds is 4. The average molecular weight is 281 g/mol. The zero-order chi connectivity index (χ0) is 14.7. The SMILES string of the molecule is CC(C)c1c(NN)ncnc1N1CC(CO)OCC1C. The molecule has 7 heteroatoms. The molecule has 2 rings (SSSR count). The number of nitrogens with zero attached hydrogens (tertiary/aromatic N) is 3. The minimum absolute atomic E-state index is 0.00725. The van der Waals surface area contributed by atoms with Crippen LogP contribution in [0.15, 0.2) is 6.33 Å². The van der Waals surface area contributed by atoms with Gasteiger partial charge in [-0.25, -0.2) is 15.8 Å². The molecule has 1 aromatic heterocycles. The third-order valence-electron chi connectivity index (χ3n) is 3.56. The molecule has 4 N–H and O–H groups in total. The number of aromatic nitrogens is 2. The van der Waals surface area contributed by atoms with E-state index in [-0.39, 0.29) is 24.7 Å². The van der Waals surface area contributed by atoms with Crippen LogP contribution in [0.3, 0.4) is 0 Å². The topological polar surface area (TPSA) is 96.5 Å². The molecule has 0 radical (unpaired) electrons. The van der Waals surface area contributed by atoms with Crippen molar-refractivity contribution in [3.63, 3.8) is 0 Å². The van der Waals surface area contributed by atoms with Crippen molar-refractivity contribution in [2.24, 2.45) is 5.84 Å². The first-order valence-corrected chi connectivity index (χ1v) is 6.89. The summed E-state index contributed by atoms with van der Waals surface area (Å²) >= 11 is 0. The molecule has 2 heterocycles. The van der Waals surface area contributed by atoms with Crippen LogP contribution in [0.1, 0.15) is 32.3 Å². The van der Waals surface area contributed by atoms with Crippen LogP contribution in [-0.2, 0) is 4.74 Å². The number of anilines is 2. The Hall–Kier alpha value is -1.44. The first-order valence-electron chi connectivity index (χ1n) is 6.89. The van der Waals surface area contributed by atoms with Crippen molar-refractivity contribution in [3.8, 4) is 0 Å². The van der Waals surface area contributed by atoms with E-state index >= 15 is 0 Å². The average Bonchev–Trinajstić information content (AvgIpc) is 2.46. The second kappa shape index (κ2) is 6.34. The Balaban J connectivity index is 2.40. The van der Waals surface area contributed by atoms with Gasteiger partial charge >= 0.3 is 0 Å². The third kappa shape index (κ3) is 2.84. The van der Waals surface area contributed by atoms with Crippen molar-refractivity contribution in [2.75, 3.05) is 30.1 Å². The Morgan fingerprint density at radius 1 is 1.55 bits per heavy atom. The van der Waals surface area contributed by atoms with Gasteiger partial charge in [-0.1, -0.05) is 13.8 Å². The zero-order valence-corrected chi connectivity index (χ0v) is 12.2. The maximum absolute atomic E-state index is 9.30. The molecule has 2 atom stereocenters. The molecular formula is C13H23N5O2. The first-order chi connectivity index (χ1) is 9.58. The molecule has 0 aromatic carbocycles. The van der Waals surface area contributed by atoms with E-state index in [0.717, 1.165) is 11.4 Å². The van der Waals surface area contributed by atoms with E-state index in [1.54, 1.807) is 0 Å². The highest BCUT2D eigenvalue weighted by Gasteiger charge is 2.29. The molecule has 20 heavy (non-hydrogen) atoms. The summed E-state index contributed by atoms with van der Waals surface area (Å²) in [5.41, 5.74) is 3.62. The van der Waals surface area contributed by atoms with Gasteiger partial charge in [-0.15, -0.1) is 0 Å². The van der Waals surface area contributed by atoms with Crippen LogP contribution in [0.25, 0.3) is 0 Å². The fraction of sp³-hybridized carbons (Fsp3) is 0.692. The molecule has 1 aromatic rings. The van der Waals surface area contributed by atoms with Gasteiger partial charge in [0, 0.05) is 12.1 Å². The summed E-state index contributed by atoms with van der Waals surface area (Å²) in [5, 5.41) is 9.30. The van der Waals surface area contributed by atoms with Crippen LogP contribution in [-0.4, -0.2) is 47.0 Å². The summed E-state index contributed by atoms with van der Waals surface area (Å²) < 4.78 is 5.57. The Morgan fingerprint density at radius 2 is 2.30 bits per heavy atom. The second-order valence-electron chi connectivity index (χ2n) is 5.40. The summed E-state index contributed by atoms with van der Waals surface area (Å²) in [5.74, 6) is 7.29. The first kappa shape index (κ1) is 15.0. The number of aliphatic hydroxyl groups excluding tert-OH is 1. The Kier molecular flexibility index (Phi) is 4.74. The summed E-state index contributed by atoms with van der Waals surface area (Å²) in [4.78, 5) is 10.8. The van der Waals surface area contributed by atoms with Crippen molar-refractivity contribution >= 4 is 11.6 Å². The predicted molar refractivity (Wildman–Crippen MR) is 77.6 cm³/mol. The van der Waals surface area contributed by atoms with E-state index in [1.165, 1.54) is 6.33 Å². The number of hydrogen-bond acceptors (Lipinski definition) is 7. The Labute approximate surface area is 119 Å². The number of nitrogens with two attached hydrogens (primary N) is 1. The van der Waals surface area contributed by atoms with Crippen LogP contribution in [0, 0.1) is 0 Å². The standard InChI is InChI=1S/C13H23N5O2/c1-8(2)11-12(17-14)15-7-16-13(11)18-4-10(5-19)20-6-9(18)3/h7-10,19H,4-6,14H2,1-3H3,(H,15,16,17). The van der Waals surface area contributed by atoms with Crippen molar-refractivity contribution in [3.05, 3.63) is 11.9 Å². The molecule has 7 nitrogen and oxygen atoms in total. The van der Waals surface area contributed by atoms with Gasteiger partial charge in [0.15, 0.2) is 0 Å². The van der Waals surface area contributed by atoms with Gasteiger partial charge in [0.25, 0.3) is 0 Å². The Bertz CT molecular complexity index is 454. The summed E-state index contributed by atoms with van der Waals surface area (Å²) in [7, 11) is 0. The largest absolute Gasteiger partial charge is 0.394 e. The third-order valence-corrected chi connectivity index (χ3v) is 3.56. The number of nitrogen functional groups attached to an aromatic ring is 1. The highest BCUT2D eigenvalue weighted by Crippen LogP contribution is 2.32. The molecular weight excluding hydrogens is 258 g/mol.